The molecule has 0 nitrogen and oxygen atoms in total. The minimum absolute atomic E-state index is 0.000729. The maximum atomic E-state index is 2.33. The minimum atomic E-state index is 0.000729. The first-order chi connectivity index (χ1) is 10.3. The fourth-order valence-corrected chi connectivity index (χ4v) is 6.13. The van der Waals surface area contributed by atoms with Gasteiger partial charge < -0.3 is 0 Å². The van der Waals surface area contributed by atoms with Crippen molar-refractivity contribution in [1.82, 2.24) is 0 Å². The van der Waals surface area contributed by atoms with Crippen molar-refractivity contribution in [2.45, 2.75) is 129 Å². The van der Waals surface area contributed by atoms with Gasteiger partial charge in [0.05, 0.1) is 0 Å². The average Bonchev–Trinajstić information content (AvgIpc) is 2.50. The van der Waals surface area contributed by atoms with Gasteiger partial charge in [-0.15, -0.1) is 0 Å². The van der Waals surface area contributed by atoms with E-state index in [9.17, 15) is 0 Å². The molecule has 0 rings (SSSR count). The molecule has 0 N–H and O–H groups in total. The van der Waals surface area contributed by atoms with E-state index in [0.29, 0.717) is 0 Å². The quantitative estimate of drug-likeness (QED) is 0.188. The molecule has 0 aliphatic carbocycles. The maximum absolute atomic E-state index is 2.33. The van der Waals surface area contributed by atoms with E-state index < -0.39 is 0 Å². The molecule has 0 bridgehead atoms. The highest BCUT2D eigenvalue weighted by Gasteiger charge is 2.10. The van der Waals surface area contributed by atoms with E-state index in [4.69, 9.17) is 0 Å². The second-order valence-electron chi connectivity index (χ2n) is 6.89. The normalized spacial score (nSPS) is 11.4. The highest BCUT2D eigenvalue weighted by atomic mass is 28.3. The van der Waals surface area contributed by atoms with Gasteiger partial charge >= 0.3 is 0 Å². The SMILES string of the molecule is CCCCCCC[Si](CCCCCC)CCCCCCC. The number of hydrogen-bond acceptors (Lipinski definition) is 0. The van der Waals surface area contributed by atoms with E-state index in [1.54, 1.807) is 18.1 Å². The van der Waals surface area contributed by atoms with Crippen LogP contribution in [-0.2, 0) is 0 Å². The summed E-state index contributed by atoms with van der Waals surface area (Å²) in [5.74, 6) is 0. The van der Waals surface area contributed by atoms with Crippen molar-refractivity contribution >= 4 is 8.80 Å². The molecule has 0 fully saturated rings. The smallest absolute Gasteiger partial charge is 0.0479 e. The molecule has 0 atom stereocenters. The van der Waals surface area contributed by atoms with Crippen LogP contribution in [0.25, 0.3) is 0 Å². The molecule has 0 heterocycles. The summed E-state index contributed by atoms with van der Waals surface area (Å²) in [6.07, 6.45) is 20.6. The van der Waals surface area contributed by atoms with Crippen molar-refractivity contribution in [2.75, 3.05) is 0 Å². The lowest BCUT2D eigenvalue weighted by atomic mass is 10.2. The van der Waals surface area contributed by atoms with Gasteiger partial charge in [0.1, 0.15) is 0 Å². The van der Waals surface area contributed by atoms with Gasteiger partial charge in [0.2, 0.25) is 0 Å². The van der Waals surface area contributed by atoms with Crippen LogP contribution in [0.1, 0.15) is 111 Å². The molecule has 127 valence electrons. The largest absolute Gasteiger partial charge is 0.0654 e. The molecule has 0 aromatic rings. The van der Waals surface area contributed by atoms with E-state index in [1.807, 2.05) is 0 Å². The molecule has 0 saturated carbocycles. The van der Waals surface area contributed by atoms with Crippen molar-refractivity contribution in [1.29, 1.82) is 0 Å². The fourth-order valence-electron chi connectivity index (χ4n) is 3.13. The molecule has 0 amide bonds. The molecule has 0 saturated heterocycles. The summed E-state index contributed by atoms with van der Waals surface area (Å²) in [5.41, 5.74) is 0. The molecule has 1 heteroatoms. The number of unbranched alkanes of at least 4 members (excludes halogenated alkanes) is 11. The Morgan fingerprint density at radius 1 is 0.381 bits per heavy atom. The van der Waals surface area contributed by atoms with Gasteiger partial charge in [0, 0.05) is 8.80 Å². The fraction of sp³-hybridized carbons (Fsp3) is 1.00. The predicted molar refractivity (Wildman–Crippen MR) is 102 cm³/mol. The van der Waals surface area contributed by atoms with Crippen LogP contribution in [0.2, 0.25) is 18.1 Å². The Labute approximate surface area is 138 Å². The van der Waals surface area contributed by atoms with Crippen molar-refractivity contribution in [2.24, 2.45) is 0 Å². The summed E-state index contributed by atoms with van der Waals surface area (Å²) < 4.78 is 0. The van der Waals surface area contributed by atoms with E-state index >= 15 is 0 Å². The molecule has 0 aliphatic heterocycles. The Kier molecular flexibility index (Phi) is 18.5. The molecule has 0 aromatic heterocycles. The summed E-state index contributed by atoms with van der Waals surface area (Å²) in [5, 5.41) is 0. The van der Waals surface area contributed by atoms with E-state index in [1.165, 1.54) is 89.9 Å². The predicted octanol–water partition coefficient (Wildman–Crippen LogP) is 8.00. The van der Waals surface area contributed by atoms with Crippen LogP contribution in [0.5, 0.6) is 0 Å². The van der Waals surface area contributed by atoms with Crippen molar-refractivity contribution in [3.63, 3.8) is 0 Å². The Hall–Kier alpha value is 0.217. The van der Waals surface area contributed by atoms with Crippen LogP contribution >= 0.6 is 0 Å². The average molecular weight is 312 g/mol. The van der Waals surface area contributed by atoms with Crippen LogP contribution in [0.4, 0.5) is 0 Å². The zero-order chi connectivity index (χ0) is 15.6. The van der Waals surface area contributed by atoms with Crippen molar-refractivity contribution in [3.05, 3.63) is 0 Å². The van der Waals surface area contributed by atoms with Gasteiger partial charge in [-0.25, -0.2) is 0 Å². The Bertz CT molecular complexity index is 165. The standard InChI is InChI=1S/C20H43Si/c1-4-7-10-13-16-19-21(18-15-12-9-6-3)20-17-14-11-8-5-2/h4-20H2,1-3H3. The number of rotatable bonds is 17. The van der Waals surface area contributed by atoms with Crippen molar-refractivity contribution < 1.29 is 0 Å². The molecule has 1 radical (unpaired) electrons. The van der Waals surface area contributed by atoms with Gasteiger partial charge in [-0.2, -0.15) is 0 Å². The summed E-state index contributed by atoms with van der Waals surface area (Å²) >= 11 is 0. The van der Waals surface area contributed by atoms with E-state index in [0.717, 1.165) is 0 Å². The zero-order valence-corrected chi connectivity index (χ0v) is 16.5. The number of hydrogen-bond donors (Lipinski definition) is 0. The van der Waals surface area contributed by atoms with Gasteiger partial charge in [-0.05, 0) is 0 Å². The third kappa shape index (κ3) is 16.4. The first-order valence-electron chi connectivity index (χ1n) is 10.2. The van der Waals surface area contributed by atoms with E-state index in [2.05, 4.69) is 20.8 Å². The highest BCUT2D eigenvalue weighted by molar-refractivity contribution is 6.58. The maximum Gasteiger partial charge on any atom is 0.0479 e. The topological polar surface area (TPSA) is 0 Å². The van der Waals surface area contributed by atoms with E-state index in [-0.39, 0.29) is 8.80 Å². The summed E-state index contributed by atoms with van der Waals surface area (Å²) in [6, 6.07) is 4.86. The third-order valence-corrected chi connectivity index (χ3v) is 7.83. The Morgan fingerprint density at radius 3 is 1.00 bits per heavy atom. The van der Waals surface area contributed by atoms with Crippen LogP contribution in [0.3, 0.4) is 0 Å². The van der Waals surface area contributed by atoms with Gasteiger partial charge in [-0.3, -0.25) is 0 Å². The lowest BCUT2D eigenvalue weighted by molar-refractivity contribution is 0.641. The Balaban J connectivity index is 3.69. The van der Waals surface area contributed by atoms with Crippen LogP contribution in [0, 0.1) is 0 Å². The third-order valence-electron chi connectivity index (χ3n) is 4.65. The zero-order valence-electron chi connectivity index (χ0n) is 15.5. The summed E-state index contributed by atoms with van der Waals surface area (Å²) in [4.78, 5) is 0. The molecular formula is C20H43Si. The van der Waals surface area contributed by atoms with Crippen LogP contribution < -0.4 is 0 Å². The first kappa shape index (κ1) is 21.2. The second kappa shape index (κ2) is 18.3. The first-order valence-corrected chi connectivity index (χ1v) is 12.3. The molecule has 21 heavy (non-hydrogen) atoms. The molecular weight excluding hydrogens is 268 g/mol. The summed E-state index contributed by atoms with van der Waals surface area (Å²) in [6.45, 7) is 6.96. The molecule has 0 aromatic carbocycles. The van der Waals surface area contributed by atoms with Gasteiger partial charge in [0.15, 0.2) is 0 Å². The molecule has 0 aliphatic rings. The summed E-state index contributed by atoms with van der Waals surface area (Å²) in [7, 11) is 0.000729. The molecule has 0 spiro atoms. The van der Waals surface area contributed by atoms with Gasteiger partial charge in [0.25, 0.3) is 0 Å². The van der Waals surface area contributed by atoms with Crippen LogP contribution in [-0.4, -0.2) is 8.80 Å². The molecule has 0 unspecified atom stereocenters. The Morgan fingerprint density at radius 2 is 0.667 bits per heavy atom. The minimum Gasteiger partial charge on any atom is -0.0654 e. The monoisotopic (exact) mass is 311 g/mol. The lowest BCUT2D eigenvalue weighted by Crippen LogP contribution is -2.12. The van der Waals surface area contributed by atoms with Gasteiger partial charge in [-0.1, -0.05) is 129 Å². The lowest BCUT2D eigenvalue weighted by Gasteiger charge is -2.15. The van der Waals surface area contributed by atoms with Crippen LogP contribution in [0.15, 0.2) is 0 Å². The van der Waals surface area contributed by atoms with Crippen molar-refractivity contribution in [3.8, 4) is 0 Å². The second-order valence-corrected chi connectivity index (χ2v) is 9.89. The highest BCUT2D eigenvalue weighted by Crippen LogP contribution is 2.19.